The van der Waals surface area contributed by atoms with E-state index in [9.17, 15) is 4.39 Å². The molecule has 1 N–H and O–H groups in total. The summed E-state index contributed by atoms with van der Waals surface area (Å²) >= 11 is 0. The van der Waals surface area contributed by atoms with Gasteiger partial charge in [-0.2, -0.15) is 5.10 Å². The van der Waals surface area contributed by atoms with Gasteiger partial charge >= 0.3 is 0 Å². The van der Waals surface area contributed by atoms with E-state index in [2.05, 4.69) is 20.5 Å². The fourth-order valence-electron chi connectivity index (χ4n) is 2.96. The van der Waals surface area contributed by atoms with Crippen molar-refractivity contribution < 1.29 is 9.13 Å². The first-order chi connectivity index (χ1) is 14.7. The summed E-state index contributed by atoms with van der Waals surface area (Å²) in [4.78, 5) is 9.12. The maximum atomic E-state index is 13.3. The molecule has 0 aliphatic carbocycles. The summed E-state index contributed by atoms with van der Waals surface area (Å²) in [7, 11) is 1.61. The predicted molar refractivity (Wildman–Crippen MR) is 117 cm³/mol. The first-order valence-corrected chi connectivity index (χ1v) is 9.35. The van der Waals surface area contributed by atoms with Crippen LogP contribution in [0.4, 0.5) is 10.3 Å². The van der Waals surface area contributed by atoms with E-state index in [-0.39, 0.29) is 5.82 Å². The van der Waals surface area contributed by atoms with Crippen LogP contribution in [0.2, 0.25) is 0 Å². The van der Waals surface area contributed by atoms with Gasteiger partial charge in [-0.15, -0.1) is 0 Å². The lowest BCUT2D eigenvalue weighted by molar-refractivity contribution is 0.414. The van der Waals surface area contributed by atoms with Gasteiger partial charge in [0.25, 0.3) is 0 Å². The maximum absolute atomic E-state index is 13.3. The largest absolute Gasteiger partial charge is 0.496 e. The second-order valence-electron chi connectivity index (χ2n) is 6.45. The summed E-state index contributed by atoms with van der Waals surface area (Å²) in [6, 6.07) is 25.4. The zero-order valence-electron chi connectivity index (χ0n) is 16.3. The molecule has 0 amide bonds. The highest BCUT2D eigenvalue weighted by molar-refractivity contribution is 5.84. The van der Waals surface area contributed by atoms with E-state index in [0.29, 0.717) is 17.4 Å². The first kappa shape index (κ1) is 19.3. The van der Waals surface area contributed by atoms with Gasteiger partial charge in [0.05, 0.1) is 24.7 Å². The number of benzene rings is 3. The second kappa shape index (κ2) is 8.96. The molecule has 0 atom stereocenters. The molecule has 6 heteroatoms. The molecule has 0 aliphatic rings. The zero-order chi connectivity index (χ0) is 20.8. The zero-order valence-corrected chi connectivity index (χ0v) is 16.3. The van der Waals surface area contributed by atoms with E-state index in [4.69, 9.17) is 4.74 Å². The minimum Gasteiger partial charge on any atom is -0.496 e. The molecule has 30 heavy (non-hydrogen) atoms. The molecular formula is C24H19FN4O. The van der Waals surface area contributed by atoms with Crippen LogP contribution in [0.1, 0.15) is 5.56 Å². The van der Waals surface area contributed by atoms with Crippen LogP contribution < -0.4 is 10.2 Å². The maximum Gasteiger partial charge on any atom is 0.244 e. The number of hydrazone groups is 1. The average Bonchev–Trinajstić information content (AvgIpc) is 2.80. The molecule has 0 saturated carbocycles. The number of hydrogen-bond acceptors (Lipinski definition) is 5. The fourth-order valence-corrected chi connectivity index (χ4v) is 2.96. The Kier molecular flexibility index (Phi) is 5.75. The summed E-state index contributed by atoms with van der Waals surface area (Å²) in [5, 5.41) is 4.26. The number of hydrogen-bond donors (Lipinski definition) is 1. The molecule has 0 unspecified atom stereocenters. The SMILES string of the molecule is COc1ccccc1C=NNc1nc(-c2ccccc2)cc(-c2ccc(F)cc2)n1. The highest BCUT2D eigenvalue weighted by Crippen LogP contribution is 2.25. The number of anilines is 1. The lowest BCUT2D eigenvalue weighted by atomic mass is 10.1. The van der Waals surface area contributed by atoms with Crippen molar-refractivity contribution in [2.75, 3.05) is 12.5 Å². The highest BCUT2D eigenvalue weighted by Gasteiger charge is 2.09. The Bertz CT molecular complexity index is 1160. The number of nitrogens with zero attached hydrogens (tertiary/aromatic N) is 3. The minimum absolute atomic E-state index is 0.296. The molecule has 1 heterocycles. The molecule has 0 fully saturated rings. The monoisotopic (exact) mass is 398 g/mol. The summed E-state index contributed by atoms with van der Waals surface area (Å²) < 4.78 is 18.7. The topological polar surface area (TPSA) is 59.4 Å². The average molecular weight is 398 g/mol. The van der Waals surface area contributed by atoms with Gasteiger partial charge in [0, 0.05) is 16.7 Å². The van der Waals surface area contributed by atoms with Crippen molar-refractivity contribution >= 4 is 12.2 Å². The van der Waals surface area contributed by atoms with Crippen molar-refractivity contribution in [2.24, 2.45) is 5.10 Å². The van der Waals surface area contributed by atoms with E-state index in [1.165, 1.54) is 12.1 Å². The Morgan fingerprint density at radius 2 is 1.47 bits per heavy atom. The number of para-hydroxylation sites is 1. The van der Waals surface area contributed by atoms with E-state index < -0.39 is 0 Å². The normalized spacial score (nSPS) is 10.9. The van der Waals surface area contributed by atoms with Gasteiger partial charge in [-0.1, -0.05) is 42.5 Å². The van der Waals surface area contributed by atoms with E-state index in [1.807, 2.05) is 60.7 Å². The molecule has 4 rings (SSSR count). The van der Waals surface area contributed by atoms with E-state index in [0.717, 1.165) is 22.4 Å². The lowest BCUT2D eigenvalue weighted by Gasteiger charge is -2.08. The highest BCUT2D eigenvalue weighted by atomic mass is 19.1. The molecule has 3 aromatic carbocycles. The van der Waals surface area contributed by atoms with Crippen molar-refractivity contribution in [1.82, 2.24) is 9.97 Å². The van der Waals surface area contributed by atoms with E-state index >= 15 is 0 Å². The Morgan fingerprint density at radius 1 is 0.833 bits per heavy atom. The minimum atomic E-state index is -0.296. The van der Waals surface area contributed by atoms with Crippen LogP contribution in [-0.2, 0) is 0 Å². The smallest absolute Gasteiger partial charge is 0.244 e. The van der Waals surface area contributed by atoms with Gasteiger partial charge < -0.3 is 4.74 Å². The Balaban J connectivity index is 1.68. The van der Waals surface area contributed by atoms with Crippen LogP contribution in [0.5, 0.6) is 5.75 Å². The molecule has 148 valence electrons. The van der Waals surface area contributed by atoms with Crippen molar-refractivity contribution in [3.05, 3.63) is 96.3 Å². The molecule has 0 bridgehead atoms. The quantitative estimate of drug-likeness (QED) is 0.349. The molecule has 4 aromatic rings. The standard InChI is InChI=1S/C24H19FN4O/c1-30-23-10-6-5-9-19(23)16-26-29-24-27-21(17-7-3-2-4-8-17)15-22(28-24)18-11-13-20(25)14-12-18/h2-16H,1H3,(H,27,28,29). The number of halogens is 1. The number of ether oxygens (including phenoxy) is 1. The molecule has 0 saturated heterocycles. The van der Waals surface area contributed by atoms with Crippen LogP contribution in [-0.4, -0.2) is 23.3 Å². The van der Waals surface area contributed by atoms with Gasteiger partial charge in [0.1, 0.15) is 11.6 Å². The third-order valence-corrected chi connectivity index (χ3v) is 4.44. The first-order valence-electron chi connectivity index (χ1n) is 9.35. The van der Waals surface area contributed by atoms with Gasteiger partial charge in [-0.05, 0) is 42.5 Å². The van der Waals surface area contributed by atoms with Crippen molar-refractivity contribution in [1.29, 1.82) is 0 Å². The van der Waals surface area contributed by atoms with Crippen molar-refractivity contribution in [3.63, 3.8) is 0 Å². The predicted octanol–water partition coefficient (Wildman–Crippen LogP) is 5.40. The van der Waals surface area contributed by atoms with Crippen LogP contribution in [0.25, 0.3) is 22.5 Å². The Morgan fingerprint density at radius 3 is 2.17 bits per heavy atom. The number of rotatable bonds is 6. The van der Waals surface area contributed by atoms with Gasteiger partial charge in [-0.25, -0.2) is 19.8 Å². The van der Waals surface area contributed by atoms with Gasteiger partial charge in [0.2, 0.25) is 5.95 Å². The molecule has 0 spiro atoms. The van der Waals surface area contributed by atoms with Crippen LogP contribution in [0, 0.1) is 5.82 Å². The van der Waals surface area contributed by atoms with Crippen molar-refractivity contribution in [2.45, 2.75) is 0 Å². The van der Waals surface area contributed by atoms with Crippen LogP contribution >= 0.6 is 0 Å². The van der Waals surface area contributed by atoms with Crippen molar-refractivity contribution in [3.8, 4) is 28.3 Å². The van der Waals surface area contributed by atoms with Gasteiger partial charge in [0.15, 0.2) is 0 Å². The molecule has 0 aliphatic heterocycles. The summed E-state index contributed by atoms with van der Waals surface area (Å²) in [6.07, 6.45) is 1.65. The number of aromatic nitrogens is 2. The molecule has 5 nitrogen and oxygen atoms in total. The third kappa shape index (κ3) is 4.50. The van der Waals surface area contributed by atoms with Gasteiger partial charge in [-0.3, -0.25) is 0 Å². The fraction of sp³-hybridized carbons (Fsp3) is 0.0417. The summed E-state index contributed by atoms with van der Waals surface area (Å²) in [6.45, 7) is 0. The Labute approximate surface area is 173 Å². The third-order valence-electron chi connectivity index (χ3n) is 4.44. The molecule has 0 radical (unpaired) electrons. The van der Waals surface area contributed by atoms with Crippen LogP contribution in [0.15, 0.2) is 90.0 Å². The van der Waals surface area contributed by atoms with Crippen LogP contribution in [0.3, 0.4) is 0 Å². The molecular weight excluding hydrogens is 379 g/mol. The van der Waals surface area contributed by atoms with E-state index in [1.54, 1.807) is 25.5 Å². The second-order valence-corrected chi connectivity index (χ2v) is 6.45. The molecule has 1 aromatic heterocycles. The lowest BCUT2D eigenvalue weighted by Crippen LogP contribution is -2.00. The Hall–Kier alpha value is -4.06. The number of nitrogens with one attached hydrogen (secondary N) is 1. The summed E-state index contributed by atoms with van der Waals surface area (Å²) in [5.74, 6) is 0.756. The number of methoxy groups -OCH3 is 1. The summed E-state index contributed by atoms with van der Waals surface area (Å²) in [5.41, 5.74) is 6.85.